The predicted octanol–water partition coefficient (Wildman–Crippen LogP) is 2.80. The zero-order chi connectivity index (χ0) is 18.7. The van der Waals surface area contributed by atoms with Gasteiger partial charge in [0.1, 0.15) is 0 Å². The number of piperazine rings is 1. The Morgan fingerprint density at radius 2 is 1.50 bits per heavy atom. The van der Waals surface area contributed by atoms with Gasteiger partial charge in [-0.1, -0.05) is 17.7 Å². The molecule has 26 heavy (non-hydrogen) atoms. The number of aromatic nitrogens is 2. The fraction of sp³-hybridized carbons (Fsp3) is 0.421. The van der Waals surface area contributed by atoms with Crippen molar-refractivity contribution in [3.63, 3.8) is 0 Å². The normalized spacial score (nSPS) is 15.0. The van der Waals surface area contributed by atoms with Crippen molar-refractivity contribution >= 4 is 23.4 Å². The number of aryl methyl sites for hydroxylation is 3. The molecule has 2 heterocycles. The van der Waals surface area contributed by atoms with Crippen LogP contribution in [0.15, 0.2) is 24.3 Å². The molecule has 0 saturated carbocycles. The second kappa shape index (κ2) is 7.70. The van der Waals surface area contributed by atoms with E-state index in [0.29, 0.717) is 5.69 Å². The van der Waals surface area contributed by atoms with E-state index in [1.165, 1.54) is 0 Å². The van der Waals surface area contributed by atoms with Crippen LogP contribution >= 0.6 is 0 Å². The van der Waals surface area contributed by atoms with Crippen molar-refractivity contribution in [2.75, 3.05) is 48.8 Å². The quantitative estimate of drug-likeness (QED) is 0.887. The molecule has 1 aliphatic rings. The lowest BCUT2D eigenvalue weighted by molar-refractivity contribution is 0.262. The number of anilines is 3. The lowest BCUT2D eigenvalue weighted by Gasteiger charge is -2.32. The number of likely N-dealkylation sites (N-methyl/N-ethyl adjacent to an activating group) is 1. The highest BCUT2D eigenvalue weighted by Crippen LogP contribution is 2.21. The van der Waals surface area contributed by atoms with Gasteiger partial charge in [-0.25, -0.2) is 14.8 Å². The molecule has 2 aromatic rings. The number of hydrogen-bond donors (Lipinski definition) is 2. The van der Waals surface area contributed by atoms with E-state index in [1.807, 2.05) is 45.0 Å². The summed E-state index contributed by atoms with van der Waals surface area (Å²) in [5.74, 6) is 0.734. The van der Waals surface area contributed by atoms with E-state index in [4.69, 9.17) is 0 Å². The second-order valence-electron chi connectivity index (χ2n) is 6.80. The van der Waals surface area contributed by atoms with Gasteiger partial charge >= 0.3 is 6.03 Å². The van der Waals surface area contributed by atoms with Crippen molar-refractivity contribution in [3.8, 4) is 0 Å². The van der Waals surface area contributed by atoms with E-state index in [9.17, 15) is 4.79 Å². The summed E-state index contributed by atoms with van der Waals surface area (Å²) < 4.78 is 0. The van der Waals surface area contributed by atoms with Gasteiger partial charge in [-0.15, -0.1) is 0 Å². The number of carbonyl (C=O) groups is 1. The third kappa shape index (κ3) is 4.29. The molecule has 0 aliphatic carbocycles. The highest BCUT2D eigenvalue weighted by Gasteiger charge is 2.19. The van der Waals surface area contributed by atoms with Crippen molar-refractivity contribution in [1.82, 2.24) is 14.9 Å². The predicted molar refractivity (Wildman–Crippen MR) is 105 cm³/mol. The van der Waals surface area contributed by atoms with Crippen LogP contribution in [0.5, 0.6) is 0 Å². The maximum atomic E-state index is 12.3. The van der Waals surface area contributed by atoms with Crippen LogP contribution < -0.4 is 15.5 Å². The van der Waals surface area contributed by atoms with E-state index in [1.54, 1.807) is 0 Å². The summed E-state index contributed by atoms with van der Waals surface area (Å²) in [4.78, 5) is 26.0. The summed E-state index contributed by atoms with van der Waals surface area (Å²) in [6.07, 6.45) is 0. The third-order valence-electron chi connectivity index (χ3n) is 4.59. The fourth-order valence-electron chi connectivity index (χ4n) is 2.94. The van der Waals surface area contributed by atoms with Gasteiger partial charge < -0.3 is 20.4 Å². The molecule has 1 aromatic carbocycles. The highest BCUT2D eigenvalue weighted by atomic mass is 16.2. The zero-order valence-electron chi connectivity index (χ0n) is 15.8. The number of urea groups is 1. The number of rotatable bonds is 3. The molecule has 0 atom stereocenters. The summed E-state index contributed by atoms with van der Waals surface area (Å²) in [6.45, 7) is 9.63. The molecule has 1 aliphatic heterocycles. The second-order valence-corrected chi connectivity index (χ2v) is 6.80. The molecular weight excluding hydrogens is 328 g/mol. The maximum Gasteiger partial charge on any atom is 0.323 e. The third-order valence-corrected chi connectivity index (χ3v) is 4.59. The van der Waals surface area contributed by atoms with Crippen molar-refractivity contribution in [3.05, 3.63) is 41.2 Å². The van der Waals surface area contributed by atoms with Crippen molar-refractivity contribution in [2.45, 2.75) is 20.8 Å². The Hall–Kier alpha value is -2.67. The topological polar surface area (TPSA) is 73.4 Å². The molecule has 0 bridgehead atoms. The average Bonchev–Trinajstić information content (AvgIpc) is 2.60. The molecule has 138 valence electrons. The first-order valence-corrected chi connectivity index (χ1v) is 8.86. The molecule has 1 fully saturated rings. The Bertz CT molecular complexity index is 758. The summed E-state index contributed by atoms with van der Waals surface area (Å²) in [6, 6.07) is 7.37. The van der Waals surface area contributed by atoms with Crippen LogP contribution in [-0.4, -0.2) is 54.1 Å². The van der Waals surface area contributed by atoms with Crippen LogP contribution in [0.3, 0.4) is 0 Å². The van der Waals surface area contributed by atoms with Gasteiger partial charge in [-0.05, 0) is 40.0 Å². The molecule has 0 radical (unpaired) electrons. The zero-order valence-corrected chi connectivity index (χ0v) is 15.8. The van der Waals surface area contributed by atoms with Crippen LogP contribution in [0.2, 0.25) is 0 Å². The van der Waals surface area contributed by atoms with Crippen molar-refractivity contribution in [1.29, 1.82) is 0 Å². The fourth-order valence-corrected chi connectivity index (χ4v) is 2.94. The smallest absolute Gasteiger partial charge is 0.323 e. The molecule has 0 spiro atoms. The van der Waals surface area contributed by atoms with Crippen LogP contribution in [-0.2, 0) is 0 Å². The first-order valence-electron chi connectivity index (χ1n) is 8.86. The monoisotopic (exact) mass is 354 g/mol. The molecule has 0 unspecified atom stereocenters. The van der Waals surface area contributed by atoms with Gasteiger partial charge in [0.05, 0.1) is 17.1 Å². The molecule has 2 N–H and O–H groups in total. The van der Waals surface area contributed by atoms with Gasteiger partial charge in [-0.2, -0.15) is 0 Å². The first kappa shape index (κ1) is 18.1. The Kier molecular flexibility index (Phi) is 5.37. The minimum Gasteiger partial charge on any atom is -0.338 e. The van der Waals surface area contributed by atoms with E-state index in [0.717, 1.165) is 54.8 Å². The number of benzene rings is 1. The van der Waals surface area contributed by atoms with E-state index in [-0.39, 0.29) is 6.03 Å². The van der Waals surface area contributed by atoms with Gasteiger partial charge in [0.15, 0.2) is 0 Å². The molecule has 7 nitrogen and oxygen atoms in total. The summed E-state index contributed by atoms with van der Waals surface area (Å²) >= 11 is 0. The van der Waals surface area contributed by atoms with Crippen LogP contribution in [0.1, 0.15) is 17.0 Å². The Balaban J connectivity index is 1.69. The average molecular weight is 354 g/mol. The van der Waals surface area contributed by atoms with Gasteiger partial charge in [0.2, 0.25) is 5.95 Å². The summed E-state index contributed by atoms with van der Waals surface area (Å²) in [5, 5.41) is 5.71. The largest absolute Gasteiger partial charge is 0.338 e. The SMILES string of the molecule is Cc1ccc(NC(=O)Nc2c(C)nc(N3CCN(C)CC3)nc2C)cc1. The minimum absolute atomic E-state index is 0.295. The Morgan fingerprint density at radius 1 is 0.923 bits per heavy atom. The molecule has 7 heteroatoms. The first-order chi connectivity index (χ1) is 12.4. The minimum atomic E-state index is -0.295. The van der Waals surface area contributed by atoms with Crippen LogP contribution in [0, 0.1) is 20.8 Å². The lowest BCUT2D eigenvalue weighted by Crippen LogP contribution is -2.45. The molecule has 1 saturated heterocycles. The van der Waals surface area contributed by atoms with Crippen molar-refractivity contribution in [2.24, 2.45) is 0 Å². The number of hydrogen-bond acceptors (Lipinski definition) is 5. The maximum absolute atomic E-state index is 12.3. The van der Waals surface area contributed by atoms with Crippen LogP contribution in [0.4, 0.5) is 22.1 Å². The van der Waals surface area contributed by atoms with Gasteiger partial charge in [0, 0.05) is 31.9 Å². The molecule has 1 aromatic heterocycles. The highest BCUT2D eigenvalue weighted by molar-refractivity contribution is 6.00. The molecule has 3 rings (SSSR count). The standard InChI is InChI=1S/C19H26N6O/c1-13-5-7-16(8-6-13)22-19(26)23-17-14(2)20-18(21-15(17)3)25-11-9-24(4)10-12-25/h5-8H,9-12H2,1-4H3,(H2,22,23,26). The summed E-state index contributed by atoms with van der Waals surface area (Å²) in [5.41, 5.74) is 4.09. The van der Waals surface area contributed by atoms with E-state index < -0.39 is 0 Å². The molecular formula is C19H26N6O. The van der Waals surface area contributed by atoms with Crippen LogP contribution in [0.25, 0.3) is 0 Å². The number of carbonyl (C=O) groups excluding carboxylic acids is 1. The lowest BCUT2D eigenvalue weighted by atomic mass is 10.2. The number of amides is 2. The number of nitrogens with one attached hydrogen (secondary N) is 2. The van der Waals surface area contributed by atoms with Crippen molar-refractivity contribution < 1.29 is 4.79 Å². The van der Waals surface area contributed by atoms with Gasteiger partial charge in [-0.3, -0.25) is 0 Å². The molecule has 2 amide bonds. The van der Waals surface area contributed by atoms with Gasteiger partial charge in [0.25, 0.3) is 0 Å². The number of nitrogens with zero attached hydrogens (tertiary/aromatic N) is 4. The van der Waals surface area contributed by atoms with E-state index in [2.05, 4.69) is 37.4 Å². The Labute approximate surface area is 154 Å². The summed E-state index contributed by atoms with van der Waals surface area (Å²) in [7, 11) is 2.12. The Morgan fingerprint density at radius 3 is 2.08 bits per heavy atom. The van der Waals surface area contributed by atoms with E-state index >= 15 is 0 Å².